The van der Waals surface area contributed by atoms with Crippen molar-refractivity contribution >= 4 is 18.0 Å². The smallest absolute Gasteiger partial charge is 0.407 e. The van der Waals surface area contributed by atoms with Crippen molar-refractivity contribution in [2.75, 3.05) is 13.2 Å². The molecule has 2 aromatic rings. The Morgan fingerprint density at radius 1 is 0.938 bits per heavy atom. The zero-order valence-corrected chi connectivity index (χ0v) is 17.6. The van der Waals surface area contributed by atoms with Crippen molar-refractivity contribution in [3.8, 4) is 11.1 Å². The highest BCUT2D eigenvalue weighted by Crippen LogP contribution is 2.50. The van der Waals surface area contributed by atoms with Crippen molar-refractivity contribution in [2.24, 2.45) is 17.8 Å². The highest BCUT2D eigenvalue weighted by molar-refractivity contribution is 5.83. The second kappa shape index (κ2) is 8.30. The van der Waals surface area contributed by atoms with Crippen LogP contribution in [0.15, 0.2) is 48.5 Å². The van der Waals surface area contributed by atoms with Crippen LogP contribution in [0.3, 0.4) is 0 Å². The summed E-state index contributed by atoms with van der Waals surface area (Å²) in [6.45, 7) is -0.0764. The molecule has 166 valence electrons. The Labute approximate surface area is 186 Å². The maximum atomic E-state index is 12.5. The highest BCUT2D eigenvalue weighted by atomic mass is 16.5. The number of hydrogen-bond acceptors (Lipinski definition) is 4. The van der Waals surface area contributed by atoms with E-state index in [4.69, 9.17) is 9.84 Å². The summed E-state index contributed by atoms with van der Waals surface area (Å²) >= 11 is 0. The van der Waals surface area contributed by atoms with Crippen LogP contribution in [0.4, 0.5) is 4.79 Å². The minimum atomic E-state index is -1.05. The predicted octanol–water partition coefficient (Wildman–Crippen LogP) is 3.14. The molecule has 0 radical (unpaired) electrons. The molecule has 0 aliphatic heterocycles. The second-order valence-corrected chi connectivity index (χ2v) is 9.02. The number of carbonyl (C=O) groups is 3. The van der Waals surface area contributed by atoms with E-state index in [2.05, 4.69) is 34.9 Å². The van der Waals surface area contributed by atoms with Crippen molar-refractivity contribution in [3.05, 3.63) is 59.7 Å². The summed E-state index contributed by atoms with van der Waals surface area (Å²) < 4.78 is 5.64. The maximum Gasteiger partial charge on any atom is 0.407 e. The van der Waals surface area contributed by atoms with E-state index >= 15 is 0 Å². The van der Waals surface area contributed by atoms with E-state index in [9.17, 15) is 14.4 Å². The molecule has 0 saturated heterocycles. The minimum absolute atomic E-state index is 0.00734. The Hall–Kier alpha value is -3.35. The number of hydrogen-bond donors (Lipinski definition) is 3. The van der Waals surface area contributed by atoms with Gasteiger partial charge in [-0.25, -0.2) is 4.79 Å². The zero-order valence-electron chi connectivity index (χ0n) is 17.6. The van der Waals surface area contributed by atoms with Gasteiger partial charge in [0, 0.05) is 17.9 Å². The van der Waals surface area contributed by atoms with E-state index in [0.29, 0.717) is 12.3 Å². The van der Waals surface area contributed by atoms with Gasteiger partial charge >= 0.3 is 12.1 Å². The molecule has 32 heavy (non-hydrogen) atoms. The topological polar surface area (TPSA) is 105 Å². The second-order valence-electron chi connectivity index (χ2n) is 9.02. The van der Waals surface area contributed by atoms with Gasteiger partial charge in [0.05, 0.1) is 0 Å². The van der Waals surface area contributed by atoms with Crippen LogP contribution in [0, 0.1) is 17.8 Å². The van der Waals surface area contributed by atoms with Gasteiger partial charge in [-0.3, -0.25) is 9.59 Å². The molecule has 4 atom stereocenters. The normalized spacial score (nSPS) is 25.1. The first-order valence-electron chi connectivity index (χ1n) is 11.1. The van der Waals surface area contributed by atoms with Crippen LogP contribution in [-0.4, -0.2) is 42.3 Å². The maximum absolute atomic E-state index is 12.5. The number of benzene rings is 2. The summed E-state index contributed by atoms with van der Waals surface area (Å²) in [4.78, 5) is 35.3. The third kappa shape index (κ3) is 3.72. The number of amides is 2. The molecule has 1 unspecified atom stereocenters. The number of carboxylic acids is 1. The van der Waals surface area contributed by atoms with Gasteiger partial charge in [0.1, 0.15) is 13.2 Å². The number of fused-ring (bicyclic) bond motifs is 4. The first kappa shape index (κ1) is 20.5. The van der Waals surface area contributed by atoms with Gasteiger partial charge in [0.15, 0.2) is 0 Å². The van der Waals surface area contributed by atoms with Gasteiger partial charge in [0.25, 0.3) is 0 Å². The van der Waals surface area contributed by atoms with E-state index in [1.807, 2.05) is 24.3 Å². The minimum Gasteiger partial charge on any atom is -0.480 e. The van der Waals surface area contributed by atoms with Gasteiger partial charge in [-0.1, -0.05) is 48.5 Å². The molecule has 2 aromatic carbocycles. The molecule has 7 nitrogen and oxygen atoms in total. The first-order valence-corrected chi connectivity index (χ1v) is 11.1. The number of rotatable bonds is 6. The van der Waals surface area contributed by atoms with Crippen LogP contribution in [0.25, 0.3) is 11.1 Å². The third-order valence-corrected chi connectivity index (χ3v) is 7.25. The van der Waals surface area contributed by atoms with E-state index in [1.54, 1.807) is 0 Å². The molecule has 2 saturated carbocycles. The highest BCUT2D eigenvalue weighted by Gasteiger charge is 2.50. The van der Waals surface area contributed by atoms with Crippen molar-refractivity contribution in [1.29, 1.82) is 0 Å². The lowest BCUT2D eigenvalue weighted by Gasteiger charge is -2.40. The number of carboxylic acid groups (broad SMARTS) is 1. The standard InChI is InChI=1S/C25H26N2O5/c28-23(29)12-26-24(30)15-9-14-11-22(20(14)10-15)27-25(31)32-13-21-18-7-3-1-5-16(18)17-6-2-4-8-19(17)21/h1-8,14-15,20-22H,9-13H2,(H,26,30)(H,27,31)(H,28,29)/t14-,15?,20-,22+/m0/s1. The average molecular weight is 434 g/mol. The van der Waals surface area contributed by atoms with Gasteiger partial charge in [-0.05, 0) is 53.4 Å². The summed E-state index contributed by atoms with van der Waals surface area (Å²) in [5.41, 5.74) is 4.74. The fourth-order valence-electron chi connectivity index (χ4n) is 5.70. The summed E-state index contributed by atoms with van der Waals surface area (Å²) in [7, 11) is 0. The molecule has 3 N–H and O–H groups in total. The predicted molar refractivity (Wildman–Crippen MR) is 117 cm³/mol. The molecular formula is C25H26N2O5. The molecule has 7 heteroatoms. The Morgan fingerprint density at radius 3 is 2.25 bits per heavy atom. The number of nitrogens with one attached hydrogen (secondary N) is 2. The number of ether oxygens (including phenoxy) is 1. The zero-order chi connectivity index (χ0) is 22.2. The quantitative estimate of drug-likeness (QED) is 0.648. The van der Waals surface area contributed by atoms with Crippen LogP contribution in [0.2, 0.25) is 0 Å². The number of carbonyl (C=O) groups excluding carboxylic acids is 2. The molecule has 0 bridgehead atoms. The summed E-state index contributed by atoms with van der Waals surface area (Å²) in [6, 6.07) is 16.5. The van der Waals surface area contributed by atoms with Gasteiger partial charge in [0.2, 0.25) is 5.91 Å². The monoisotopic (exact) mass is 434 g/mol. The molecule has 0 spiro atoms. The van der Waals surface area contributed by atoms with Crippen molar-refractivity contribution < 1.29 is 24.2 Å². The van der Waals surface area contributed by atoms with Crippen molar-refractivity contribution in [3.63, 3.8) is 0 Å². The molecule has 3 aliphatic carbocycles. The van der Waals surface area contributed by atoms with Gasteiger partial charge in [-0.2, -0.15) is 0 Å². The largest absolute Gasteiger partial charge is 0.480 e. The molecular weight excluding hydrogens is 408 g/mol. The lowest BCUT2D eigenvalue weighted by molar-refractivity contribution is -0.138. The fourth-order valence-corrected chi connectivity index (χ4v) is 5.70. The third-order valence-electron chi connectivity index (χ3n) is 7.25. The van der Waals surface area contributed by atoms with Crippen LogP contribution in [0.1, 0.15) is 36.3 Å². The summed E-state index contributed by atoms with van der Waals surface area (Å²) in [5.74, 6) is -0.768. The van der Waals surface area contributed by atoms with E-state index < -0.39 is 12.1 Å². The molecule has 0 heterocycles. The fraction of sp³-hybridized carbons (Fsp3) is 0.400. The van der Waals surface area contributed by atoms with Crippen LogP contribution >= 0.6 is 0 Å². The average Bonchev–Trinajstić information content (AvgIpc) is 3.29. The number of alkyl carbamates (subject to hydrolysis) is 1. The summed E-state index contributed by atoms with van der Waals surface area (Å²) in [5, 5.41) is 14.2. The Kier molecular flexibility index (Phi) is 5.33. The van der Waals surface area contributed by atoms with E-state index in [-0.39, 0.29) is 42.9 Å². The Bertz CT molecular complexity index is 1020. The van der Waals surface area contributed by atoms with Gasteiger partial charge in [-0.15, -0.1) is 0 Å². The molecule has 5 rings (SSSR count). The van der Waals surface area contributed by atoms with Crippen molar-refractivity contribution in [1.82, 2.24) is 10.6 Å². The van der Waals surface area contributed by atoms with E-state index in [0.717, 1.165) is 12.8 Å². The van der Waals surface area contributed by atoms with Gasteiger partial charge < -0.3 is 20.5 Å². The Morgan fingerprint density at radius 2 is 1.59 bits per heavy atom. The SMILES string of the molecule is O=C(O)CNC(=O)C1C[C@H]2C[C@@H](NC(=O)OCC3c4ccccc4-c4ccccc43)[C@H]2C1. The van der Waals surface area contributed by atoms with Crippen LogP contribution in [-0.2, 0) is 14.3 Å². The van der Waals surface area contributed by atoms with Crippen LogP contribution in [0.5, 0.6) is 0 Å². The summed E-state index contributed by atoms with van der Waals surface area (Å²) in [6.07, 6.45) is 1.83. The number of aliphatic carboxylic acids is 1. The molecule has 0 aromatic heterocycles. The Balaban J connectivity index is 1.15. The molecule has 2 amide bonds. The van der Waals surface area contributed by atoms with E-state index in [1.165, 1.54) is 22.3 Å². The van der Waals surface area contributed by atoms with Crippen molar-refractivity contribution in [2.45, 2.75) is 31.2 Å². The lowest BCUT2D eigenvalue weighted by atomic mass is 9.71. The lowest BCUT2D eigenvalue weighted by Crippen LogP contribution is -2.50. The first-order chi connectivity index (χ1) is 15.5. The molecule has 3 aliphatic rings. The molecule has 2 fully saturated rings. The van der Waals surface area contributed by atoms with Crippen LogP contribution < -0.4 is 10.6 Å².